The van der Waals surface area contributed by atoms with Crippen molar-refractivity contribution < 1.29 is 9.53 Å². The van der Waals surface area contributed by atoms with E-state index in [0.717, 1.165) is 22.4 Å². The molecule has 0 fully saturated rings. The number of amides is 1. The predicted molar refractivity (Wildman–Crippen MR) is 117 cm³/mol. The van der Waals surface area contributed by atoms with Crippen molar-refractivity contribution in [1.29, 1.82) is 0 Å². The number of benzene rings is 1. The molecule has 0 aliphatic rings. The van der Waals surface area contributed by atoms with Crippen LogP contribution in [0.25, 0.3) is 0 Å². The number of carbonyl (C=O) groups excluding carboxylic acids is 1. The van der Waals surface area contributed by atoms with Gasteiger partial charge in [0.1, 0.15) is 5.56 Å². The van der Waals surface area contributed by atoms with Crippen LogP contribution in [-0.2, 0) is 17.7 Å². The molecule has 1 amide bonds. The Morgan fingerprint density at radius 3 is 2.57 bits per heavy atom. The molecule has 0 bridgehead atoms. The lowest BCUT2D eigenvalue weighted by Gasteiger charge is -2.21. The van der Waals surface area contributed by atoms with E-state index < -0.39 is 0 Å². The molecule has 2 aromatic heterocycles. The minimum atomic E-state index is -0.371. The quantitative estimate of drug-likeness (QED) is 0.585. The van der Waals surface area contributed by atoms with E-state index in [1.165, 1.54) is 6.07 Å². The summed E-state index contributed by atoms with van der Waals surface area (Å²) >= 11 is 0. The van der Waals surface area contributed by atoms with Crippen molar-refractivity contribution in [2.45, 2.75) is 26.8 Å². The first-order valence-corrected chi connectivity index (χ1v) is 9.95. The van der Waals surface area contributed by atoms with E-state index in [9.17, 15) is 9.59 Å². The third-order valence-electron chi connectivity index (χ3n) is 5.15. The van der Waals surface area contributed by atoms with Gasteiger partial charge < -0.3 is 14.6 Å². The summed E-state index contributed by atoms with van der Waals surface area (Å²) in [4.78, 5) is 29.9. The highest BCUT2D eigenvalue weighted by atomic mass is 16.5. The monoisotopic (exact) mass is 405 g/mol. The summed E-state index contributed by atoms with van der Waals surface area (Å²) in [6.45, 7) is 5.21. The van der Waals surface area contributed by atoms with Gasteiger partial charge in [0, 0.05) is 56.5 Å². The normalized spacial score (nSPS) is 10.8. The minimum Gasteiger partial charge on any atom is -0.383 e. The van der Waals surface area contributed by atoms with Gasteiger partial charge in [0.25, 0.3) is 5.91 Å². The largest absolute Gasteiger partial charge is 0.383 e. The molecule has 0 aliphatic carbocycles. The smallest absolute Gasteiger partial charge is 0.257 e. The van der Waals surface area contributed by atoms with E-state index in [0.29, 0.717) is 31.8 Å². The molecular weight excluding hydrogens is 378 g/mol. The number of hydrogen-bond acceptors (Lipinski definition) is 4. The fourth-order valence-electron chi connectivity index (χ4n) is 3.49. The van der Waals surface area contributed by atoms with Gasteiger partial charge in [-0.15, -0.1) is 0 Å². The van der Waals surface area contributed by atoms with Crippen LogP contribution in [0.2, 0.25) is 0 Å². The van der Waals surface area contributed by atoms with Crippen LogP contribution in [-0.4, -0.2) is 35.7 Å². The Labute approximate surface area is 176 Å². The molecule has 1 N–H and O–H groups in total. The van der Waals surface area contributed by atoms with E-state index >= 15 is 0 Å². The van der Waals surface area contributed by atoms with E-state index in [1.807, 2.05) is 50.2 Å². The SMILES string of the molecule is COCCNC(=O)c1c(Cc2ccccc2C)n(Cc2ccncc2)c(C)cc1=O. The molecule has 0 aliphatic heterocycles. The number of nitrogens with one attached hydrogen (secondary N) is 1. The van der Waals surface area contributed by atoms with E-state index in [-0.39, 0.29) is 16.9 Å². The summed E-state index contributed by atoms with van der Waals surface area (Å²) in [6.07, 6.45) is 3.97. The van der Waals surface area contributed by atoms with Gasteiger partial charge in [0.05, 0.1) is 6.61 Å². The van der Waals surface area contributed by atoms with Gasteiger partial charge >= 0.3 is 0 Å². The maximum absolute atomic E-state index is 13.0. The fourth-order valence-corrected chi connectivity index (χ4v) is 3.49. The van der Waals surface area contributed by atoms with Crippen molar-refractivity contribution in [3.05, 3.63) is 98.7 Å². The van der Waals surface area contributed by atoms with Crippen molar-refractivity contribution in [2.24, 2.45) is 0 Å². The summed E-state index contributed by atoms with van der Waals surface area (Å²) in [6, 6.07) is 13.4. The Morgan fingerprint density at radius 2 is 1.87 bits per heavy atom. The highest BCUT2D eigenvalue weighted by Crippen LogP contribution is 2.19. The van der Waals surface area contributed by atoms with Gasteiger partial charge in [-0.2, -0.15) is 0 Å². The maximum atomic E-state index is 13.0. The van der Waals surface area contributed by atoms with Crippen LogP contribution in [0.4, 0.5) is 0 Å². The van der Waals surface area contributed by atoms with Crippen LogP contribution in [0, 0.1) is 13.8 Å². The zero-order valence-electron chi connectivity index (χ0n) is 17.6. The van der Waals surface area contributed by atoms with Crippen LogP contribution in [0.5, 0.6) is 0 Å². The molecule has 0 unspecified atom stereocenters. The topological polar surface area (TPSA) is 73.2 Å². The van der Waals surface area contributed by atoms with Gasteiger partial charge in [-0.25, -0.2) is 0 Å². The van der Waals surface area contributed by atoms with E-state index in [4.69, 9.17) is 4.74 Å². The minimum absolute atomic E-state index is 0.189. The lowest BCUT2D eigenvalue weighted by atomic mass is 9.99. The summed E-state index contributed by atoms with van der Waals surface area (Å²) in [5.74, 6) is -0.371. The van der Waals surface area contributed by atoms with Crippen LogP contribution < -0.4 is 10.7 Å². The van der Waals surface area contributed by atoms with Crippen LogP contribution >= 0.6 is 0 Å². The first kappa shape index (κ1) is 21.5. The highest BCUT2D eigenvalue weighted by Gasteiger charge is 2.21. The Hall–Kier alpha value is -3.25. The second-order valence-corrected chi connectivity index (χ2v) is 7.27. The molecule has 6 heteroatoms. The first-order valence-electron chi connectivity index (χ1n) is 9.95. The molecule has 6 nitrogen and oxygen atoms in total. The molecule has 0 radical (unpaired) electrons. The predicted octanol–water partition coefficient (Wildman–Crippen LogP) is 2.88. The van der Waals surface area contributed by atoms with Gasteiger partial charge in [-0.3, -0.25) is 14.6 Å². The van der Waals surface area contributed by atoms with E-state index in [2.05, 4.69) is 14.9 Å². The average molecular weight is 405 g/mol. The molecule has 0 saturated heterocycles. The zero-order valence-corrected chi connectivity index (χ0v) is 17.6. The third-order valence-corrected chi connectivity index (χ3v) is 5.15. The number of methoxy groups -OCH3 is 1. The Kier molecular flexibility index (Phi) is 7.14. The number of ether oxygens (including phenoxy) is 1. The Balaban J connectivity index is 2.12. The number of carbonyl (C=O) groups is 1. The second-order valence-electron chi connectivity index (χ2n) is 7.27. The van der Waals surface area contributed by atoms with Crippen LogP contribution in [0.15, 0.2) is 59.7 Å². The number of nitrogens with zero attached hydrogens (tertiary/aromatic N) is 2. The Morgan fingerprint density at radius 1 is 1.13 bits per heavy atom. The number of hydrogen-bond donors (Lipinski definition) is 1. The molecule has 0 saturated carbocycles. The van der Waals surface area contributed by atoms with Crippen molar-refractivity contribution in [2.75, 3.05) is 20.3 Å². The standard InChI is InChI=1S/C24H27N3O3/c1-17-6-4-5-7-20(17)15-21-23(24(29)26-12-13-30-3)22(28)14-18(2)27(21)16-19-8-10-25-11-9-19/h4-11,14H,12-13,15-16H2,1-3H3,(H,26,29). The number of rotatable bonds is 8. The summed E-state index contributed by atoms with van der Waals surface area (Å²) in [5.41, 5.74) is 4.69. The van der Waals surface area contributed by atoms with E-state index in [1.54, 1.807) is 19.5 Å². The fraction of sp³-hybridized carbons (Fsp3) is 0.292. The highest BCUT2D eigenvalue weighted by molar-refractivity contribution is 5.95. The zero-order chi connectivity index (χ0) is 21.5. The van der Waals surface area contributed by atoms with Gasteiger partial charge in [0.2, 0.25) is 0 Å². The lowest BCUT2D eigenvalue weighted by molar-refractivity contribution is 0.0934. The molecular formula is C24H27N3O3. The molecule has 0 atom stereocenters. The number of aromatic nitrogens is 2. The first-order chi connectivity index (χ1) is 14.5. The molecule has 156 valence electrons. The number of pyridine rings is 2. The van der Waals surface area contributed by atoms with Crippen LogP contribution in [0.3, 0.4) is 0 Å². The molecule has 30 heavy (non-hydrogen) atoms. The van der Waals surface area contributed by atoms with Crippen LogP contribution in [0.1, 0.15) is 38.4 Å². The van der Waals surface area contributed by atoms with Gasteiger partial charge in [-0.05, 0) is 42.7 Å². The van der Waals surface area contributed by atoms with Gasteiger partial charge in [-0.1, -0.05) is 24.3 Å². The molecule has 0 spiro atoms. The Bertz CT molecular complexity index is 1070. The molecule has 1 aromatic carbocycles. The van der Waals surface area contributed by atoms with Crippen molar-refractivity contribution in [1.82, 2.24) is 14.9 Å². The summed E-state index contributed by atoms with van der Waals surface area (Å²) < 4.78 is 7.07. The van der Waals surface area contributed by atoms with Crippen molar-refractivity contribution in [3.63, 3.8) is 0 Å². The van der Waals surface area contributed by atoms with Gasteiger partial charge in [0.15, 0.2) is 5.43 Å². The van der Waals surface area contributed by atoms with Crippen molar-refractivity contribution >= 4 is 5.91 Å². The summed E-state index contributed by atoms with van der Waals surface area (Å²) in [7, 11) is 1.57. The lowest BCUT2D eigenvalue weighted by Crippen LogP contribution is -2.34. The maximum Gasteiger partial charge on any atom is 0.257 e. The molecule has 3 rings (SSSR count). The summed E-state index contributed by atoms with van der Waals surface area (Å²) in [5, 5.41) is 2.80. The molecule has 3 aromatic rings. The number of aryl methyl sites for hydroxylation is 2. The average Bonchev–Trinajstić information content (AvgIpc) is 2.73. The third kappa shape index (κ3) is 5.02. The van der Waals surface area contributed by atoms with Crippen molar-refractivity contribution in [3.8, 4) is 0 Å². The molecule has 2 heterocycles. The second kappa shape index (κ2) is 9.98.